The highest BCUT2D eigenvalue weighted by atomic mass is 79.9. The number of methoxy groups -OCH3 is 1. The highest BCUT2D eigenvalue weighted by Gasteiger charge is 2.30. The highest BCUT2D eigenvalue weighted by Crippen LogP contribution is 2.35. The van der Waals surface area contributed by atoms with Gasteiger partial charge in [-0.15, -0.1) is 0 Å². The standard InChI is InChI=1S/C20H22BrN3O3/c1-27-20(26)18-16(23-24-9-3-2-4-17(18)24)11-22-19(25)14-8-6-12-5-7-13(21)10-15(12)14/h5,7,10,14H,2-4,6,8-9,11H2,1H3,(H,22,25). The molecule has 2 aromatic rings. The maximum atomic E-state index is 12.8. The van der Waals surface area contributed by atoms with E-state index in [1.165, 1.54) is 12.7 Å². The van der Waals surface area contributed by atoms with Crippen molar-refractivity contribution in [2.75, 3.05) is 7.11 Å². The molecule has 0 saturated heterocycles. The third kappa shape index (κ3) is 3.40. The number of carbonyl (C=O) groups is 2. The number of fused-ring (bicyclic) bond motifs is 2. The molecule has 0 saturated carbocycles. The third-order valence-electron chi connectivity index (χ3n) is 5.49. The molecular weight excluding hydrogens is 410 g/mol. The minimum absolute atomic E-state index is 0.0198. The summed E-state index contributed by atoms with van der Waals surface area (Å²) in [6.45, 7) is 1.04. The summed E-state index contributed by atoms with van der Waals surface area (Å²) in [5, 5.41) is 7.56. The van der Waals surface area contributed by atoms with Crippen LogP contribution in [0.5, 0.6) is 0 Å². The van der Waals surface area contributed by atoms with Crippen LogP contribution in [0.1, 0.15) is 58.1 Å². The van der Waals surface area contributed by atoms with Crippen LogP contribution in [-0.4, -0.2) is 28.8 Å². The molecule has 0 radical (unpaired) electrons. The number of amides is 1. The molecule has 1 unspecified atom stereocenters. The van der Waals surface area contributed by atoms with Crippen molar-refractivity contribution in [3.8, 4) is 0 Å². The zero-order valence-corrected chi connectivity index (χ0v) is 16.8. The second-order valence-corrected chi connectivity index (χ2v) is 8.01. The number of carbonyl (C=O) groups excluding carboxylic acids is 2. The molecule has 1 aliphatic carbocycles. The first-order valence-electron chi connectivity index (χ1n) is 9.31. The van der Waals surface area contributed by atoms with E-state index in [0.717, 1.165) is 54.4 Å². The molecule has 2 aliphatic rings. The van der Waals surface area contributed by atoms with E-state index in [1.807, 2.05) is 16.8 Å². The molecule has 1 aromatic carbocycles. The highest BCUT2D eigenvalue weighted by molar-refractivity contribution is 9.10. The normalized spacial score (nSPS) is 17.9. The lowest BCUT2D eigenvalue weighted by Crippen LogP contribution is -2.28. The van der Waals surface area contributed by atoms with Crippen LogP contribution >= 0.6 is 15.9 Å². The van der Waals surface area contributed by atoms with Gasteiger partial charge in [-0.05, 0) is 55.4 Å². The van der Waals surface area contributed by atoms with Crippen molar-refractivity contribution in [2.24, 2.45) is 0 Å². The lowest BCUT2D eigenvalue weighted by atomic mass is 10.0. The number of halogens is 1. The number of hydrogen-bond acceptors (Lipinski definition) is 4. The molecule has 4 rings (SSSR count). The van der Waals surface area contributed by atoms with Gasteiger partial charge in [0.1, 0.15) is 5.56 Å². The van der Waals surface area contributed by atoms with Gasteiger partial charge in [-0.2, -0.15) is 5.10 Å². The third-order valence-corrected chi connectivity index (χ3v) is 5.98. The van der Waals surface area contributed by atoms with E-state index < -0.39 is 0 Å². The monoisotopic (exact) mass is 431 g/mol. The van der Waals surface area contributed by atoms with E-state index in [-0.39, 0.29) is 24.3 Å². The van der Waals surface area contributed by atoms with Crippen molar-refractivity contribution in [1.82, 2.24) is 15.1 Å². The second-order valence-electron chi connectivity index (χ2n) is 7.09. The van der Waals surface area contributed by atoms with E-state index in [1.54, 1.807) is 0 Å². The van der Waals surface area contributed by atoms with E-state index in [9.17, 15) is 9.59 Å². The zero-order valence-electron chi connectivity index (χ0n) is 15.3. The van der Waals surface area contributed by atoms with Gasteiger partial charge in [0.05, 0.1) is 31.0 Å². The Morgan fingerprint density at radius 3 is 3.00 bits per heavy atom. The van der Waals surface area contributed by atoms with Gasteiger partial charge >= 0.3 is 5.97 Å². The first-order valence-corrected chi connectivity index (χ1v) is 10.1. The second kappa shape index (κ2) is 7.46. The Labute approximate surface area is 166 Å². The lowest BCUT2D eigenvalue weighted by Gasteiger charge is -2.13. The van der Waals surface area contributed by atoms with Crippen LogP contribution in [-0.2, 0) is 35.5 Å². The Morgan fingerprint density at radius 2 is 2.19 bits per heavy atom. The van der Waals surface area contributed by atoms with Gasteiger partial charge in [0.15, 0.2) is 0 Å². The summed E-state index contributed by atoms with van der Waals surface area (Å²) >= 11 is 3.49. The largest absolute Gasteiger partial charge is 0.465 e. The predicted molar refractivity (Wildman–Crippen MR) is 104 cm³/mol. The number of esters is 1. The van der Waals surface area contributed by atoms with E-state index in [0.29, 0.717) is 11.3 Å². The fourth-order valence-electron chi connectivity index (χ4n) is 4.15. The Morgan fingerprint density at radius 1 is 1.33 bits per heavy atom. The van der Waals surface area contributed by atoms with Crippen LogP contribution in [0.15, 0.2) is 22.7 Å². The number of benzene rings is 1. The summed E-state index contributed by atoms with van der Waals surface area (Å²) in [6, 6.07) is 6.12. The molecule has 1 aromatic heterocycles. The van der Waals surface area contributed by atoms with E-state index in [2.05, 4.69) is 32.4 Å². The Hall–Kier alpha value is -2.15. The number of nitrogens with one attached hydrogen (secondary N) is 1. The van der Waals surface area contributed by atoms with Crippen LogP contribution < -0.4 is 5.32 Å². The number of ether oxygens (including phenoxy) is 1. The van der Waals surface area contributed by atoms with Gasteiger partial charge in [0.2, 0.25) is 5.91 Å². The minimum atomic E-state index is -0.377. The fraction of sp³-hybridized carbons (Fsp3) is 0.450. The number of aromatic nitrogens is 2. The lowest BCUT2D eigenvalue weighted by molar-refractivity contribution is -0.122. The molecule has 142 valence electrons. The van der Waals surface area contributed by atoms with Crippen molar-refractivity contribution in [2.45, 2.75) is 51.1 Å². The van der Waals surface area contributed by atoms with Gasteiger partial charge < -0.3 is 10.1 Å². The molecule has 1 aliphatic heterocycles. The molecule has 0 fully saturated rings. The van der Waals surface area contributed by atoms with Crippen LogP contribution in [0, 0.1) is 0 Å². The molecule has 0 spiro atoms. The maximum absolute atomic E-state index is 12.8. The molecule has 0 bridgehead atoms. The topological polar surface area (TPSA) is 73.2 Å². The summed E-state index contributed by atoms with van der Waals surface area (Å²) < 4.78 is 7.83. The number of nitrogens with zero attached hydrogens (tertiary/aromatic N) is 2. The Bertz CT molecular complexity index is 906. The van der Waals surface area contributed by atoms with Crippen molar-refractivity contribution >= 4 is 27.8 Å². The number of aryl methyl sites for hydroxylation is 2. The quantitative estimate of drug-likeness (QED) is 0.754. The van der Waals surface area contributed by atoms with Crippen molar-refractivity contribution < 1.29 is 14.3 Å². The number of hydrogen-bond donors (Lipinski definition) is 1. The molecule has 27 heavy (non-hydrogen) atoms. The van der Waals surface area contributed by atoms with Gasteiger partial charge in [-0.1, -0.05) is 22.0 Å². The van der Waals surface area contributed by atoms with Crippen LogP contribution in [0.2, 0.25) is 0 Å². The van der Waals surface area contributed by atoms with Crippen LogP contribution in [0.25, 0.3) is 0 Å². The van der Waals surface area contributed by atoms with Gasteiger partial charge in [0, 0.05) is 11.0 Å². The summed E-state index contributed by atoms with van der Waals surface area (Å²) in [5.41, 5.74) is 4.35. The zero-order chi connectivity index (χ0) is 19.0. The van der Waals surface area contributed by atoms with Gasteiger partial charge in [-0.3, -0.25) is 9.48 Å². The molecule has 1 amide bonds. The van der Waals surface area contributed by atoms with Gasteiger partial charge in [0.25, 0.3) is 0 Å². The first-order chi connectivity index (χ1) is 13.1. The minimum Gasteiger partial charge on any atom is -0.465 e. The average Bonchev–Trinajstić information content (AvgIpc) is 3.26. The molecule has 2 heterocycles. The van der Waals surface area contributed by atoms with E-state index in [4.69, 9.17) is 4.74 Å². The summed E-state index contributed by atoms with van der Waals surface area (Å²) in [6.07, 6.45) is 4.62. The first kappa shape index (κ1) is 18.2. The van der Waals surface area contributed by atoms with Crippen LogP contribution in [0.3, 0.4) is 0 Å². The number of rotatable bonds is 4. The molecule has 1 atom stereocenters. The molecule has 1 N–H and O–H groups in total. The smallest absolute Gasteiger partial charge is 0.341 e. The molecule has 6 nitrogen and oxygen atoms in total. The SMILES string of the molecule is COC(=O)c1c(CNC(=O)C2CCc3ccc(Br)cc32)nn2c1CCCC2. The maximum Gasteiger partial charge on any atom is 0.341 e. The summed E-state index contributed by atoms with van der Waals surface area (Å²) in [4.78, 5) is 25.1. The van der Waals surface area contributed by atoms with Crippen molar-refractivity contribution in [1.29, 1.82) is 0 Å². The van der Waals surface area contributed by atoms with Crippen LogP contribution in [0.4, 0.5) is 0 Å². The molecule has 7 heteroatoms. The predicted octanol–water partition coefficient (Wildman–Crippen LogP) is 3.11. The van der Waals surface area contributed by atoms with E-state index >= 15 is 0 Å². The summed E-state index contributed by atoms with van der Waals surface area (Å²) in [7, 11) is 1.38. The Balaban J connectivity index is 1.53. The van der Waals surface area contributed by atoms with Crippen molar-refractivity contribution in [3.63, 3.8) is 0 Å². The summed E-state index contributed by atoms with van der Waals surface area (Å²) in [5.74, 6) is -0.553. The fourth-order valence-corrected chi connectivity index (χ4v) is 4.52. The Kier molecular flexibility index (Phi) is 5.04. The van der Waals surface area contributed by atoms with Crippen molar-refractivity contribution in [3.05, 3.63) is 50.8 Å². The average molecular weight is 432 g/mol. The van der Waals surface area contributed by atoms with Gasteiger partial charge in [-0.25, -0.2) is 4.79 Å². The molecular formula is C20H22BrN3O3.